The van der Waals surface area contributed by atoms with E-state index < -0.39 is 0 Å². The summed E-state index contributed by atoms with van der Waals surface area (Å²) < 4.78 is 1.98. The van der Waals surface area contributed by atoms with Crippen molar-refractivity contribution >= 4 is 34.5 Å². The van der Waals surface area contributed by atoms with E-state index in [1.54, 1.807) is 0 Å². The van der Waals surface area contributed by atoms with Gasteiger partial charge in [-0.1, -0.05) is 23.9 Å². The first-order valence-electron chi connectivity index (χ1n) is 8.40. The summed E-state index contributed by atoms with van der Waals surface area (Å²) in [4.78, 5) is 19.3. The third-order valence-electron chi connectivity index (χ3n) is 4.81. The number of thioether (sulfide) groups is 1. The number of nitrogens with zero attached hydrogens (tertiary/aromatic N) is 4. The highest BCUT2D eigenvalue weighted by molar-refractivity contribution is 7.99. The van der Waals surface area contributed by atoms with Crippen LogP contribution in [-0.4, -0.2) is 48.2 Å². The SMILES string of the molecule is C[C@@H]1CCC[C@H](C)N1C(=O)CSc1n[nH]c2nc3ccccc3n12. The van der Waals surface area contributed by atoms with Crippen LogP contribution in [0.2, 0.25) is 0 Å². The lowest BCUT2D eigenvalue weighted by molar-refractivity contribution is -0.134. The number of fused-ring (bicyclic) bond motifs is 3. The molecule has 1 aliphatic rings. The van der Waals surface area contributed by atoms with E-state index >= 15 is 0 Å². The maximum Gasteiger partial charge on any atom is 0.233 e. The molecule has 2 atom stereocenters. The second kappa shape index (κ2) is 6.12. The summed E-state index contributed by atoms with van der Waals surface area (Å²) in [7, 11) is 0. The minimum absolute atomic E-state index is 0.195. The number of piperidine rings is 1. The molecule has 0 aliphatic carbocycles. The van der Waals surface area contributed by atoms with Crippen molar-refractivity contribution in [2.24, 2.45) is 0 Å². The predicted molar refractivity (Wildman–Crippen MR) is 95.2 cm³/mol. The molecule has 3 aromatic rings. The quantitative estimate of drug-likeness (QED) is 0.742. The van der Waals surface area contributed by atoms with Crippen LogP contribution < -0.4 is 0 Å². The number of carbonyl (C=O) groups excluding carboxylic acids is 1. The van der Waals surface area contributed by atoms with Gasteiger partial charge >= 0.3 is 0 Å². The van der Waals surface area contributed by atoms with Crippen LogP contribution in [0.25, 0.3) is 16.8 Å². The van der Waals surface area contributed by atoms with Crippen molar-refractivity contribution in [3.8, 4) is 0 Å². The number of H-pyrrole nitrogens is 1. The van der Waals surface area contributed by atoms with Crippen molar-refractivity contribution in [2.45, 2.75) is 50.4 Å². The zero-order chi connectivity index (χ0) is 16.7. The number of hydrogen-bond donors (Lipinski definition) is 1. The van der Waals surface area contributed by atoms with Gasteiger partial charge in [0.15, 0.2) is 5.16 Å². The molecule has 24 heavy (non-hydrogen) atoms. The fourth-order valence-electron chi connectivity index (χ4n) is 3.65. The number of carbonyl (C=O) groups is 1. The van der Waals surface area contributed by atoms with Crippen molar-refractivity contribution in [3.63, 3.8) is 0 Å². The van der Waals surface area contributed by atoms with Crippen molar-refractivity contribution < 1.29 is 4.79 Å². The number of likely N-dealkylation sites (tertiary alicyclic amines) is 1. The second-order valence-electron chi connectivity index (χ2n) is 6.48. The second-order valence-corrected chi connectivity index (χ2v) is 7.43. The molecule has 4 rings (SSSR count). The first-order valence-corrected chi connectivity index (χ1v) is 9.39. The van der Waals surface area contributed by atoms with Gasteiger partial charge in [-0.25, -0.2) is 10.1 Å². The van der Waals surface area contributed by atoms with Crippen molar-refractivity contribution in [2.75, 3.05) is 5.75 Å². The summed E-state index contributed by atoms with van der Waals surface area (Å²) in [5, 5.41) is 8.06. The van der Waals surface area contributed by atoms with E-state index in [1.165, 1.54) is 18.2 Å². The molecule has 1 N–H and O–H groups in total. The minimum atomic E-state index is 0.195. The van der Waals surface area contributed by atoms with Crippen molar-refractivity contribution in [3.05, 3.63) is 24.3 Å². The molecule has 6 nitrogen and oxygen atoms in total. The molecule has 126 valence electrons. The summed E-state index contributed by atoms with van der Waals surface area (Å²) in [6.07, 6.45) is 3.40. The van der Waals surface area contributed by atoms with Gasteiger partial charge in [-0.05, 0) is 45.2 Å². The average molecular weight is 343 g/mol. The van der Waals surface area contributed by atoms with Crippen LogP contribution in [0.1, 0.15) is 33.1 Å². The van der Waals surface area contributed by atoms with Gasteiger partial charge in [-0.15, -0.1) is 5.10 Å². The molecule has 0 bridgehead atoms. The fourth-order valence-corrected chi connectivity index (χ4v) is 4.48. The summed E-state index contributed by atoms with van der Waals surface area (Å²) in [5.74, 6) is 1.31. The zero-order valence-corrected chi connectivity index (χ0v) is 14.7. The first-order chi connectivity index (χ1) is 11.6. The number of benzene rings is 1. The molecule has 1 aromatic carbocycles. The predicted octanol–water partition coefficient (Wildman–Crippen LogP) is 3.09. The lowest BCUT2D eigenvalue weighted by Gasteiger charge is -2.39. The maximum absolute atomic E-state index is 12.7. The van der Waals surface area contributed by atoms with Gasteiger partial charge in [-0.3, -0.25) is 9.20 Å². The lowest BCUT2D eigenvalue weighted by Crippen LogP contribution is -2.48. The minimum Gasteiger partial charge on any atom is -0.337 e. The summed E-state index contributed by atoms with van der Waals surface area (Å²) in [6.45, 7) is 4.29. The standard InChI is InChI=1S/C17H21N5OS/c1-11-6-5-7-12(2)21(11)15(23)10-24-17-20-19-16-18-13-8-3-4-9-14(13)22(16)17/h3-4,8-9,11-12H,5-7,10H2,1-2H3,(H,18,19)/t11-,12+. The molecule has 1 amide bonds. The Morgan fingerprint density at radius 3 is 2.83 bits per heavy atom. The Morgan fingerprint density at radius 1 is 1.29 bits per heavy atom. The molecule has 3 heterocycles. The number of amides is 1. The fraction of sp³-hybridized carbons (Fsp3) is 0.471. The van der Waals surface area contributed by atoms with Gasteiger partial charge in [0.25, 0.3) is 0 Å². The van der Waals surface area contributed by atoms with Crippen LogP contribution in [0.3, 0.4) is 0 Å². The Labute approximate surface area is 144 Å². The number of rotatable bonds is 3. The lowest BCUT2D eigenvalue weighted by atomic mass is 9.98. The van der Waals surface area contributed by atoms with Crippen LogP contribution in [0.15, 0.2) is 29.4 Å². The summed E-state index contributed by atoms with van der Waals surface area (Å²) >= 11 is 1.47. The maximum atomic E-state index is 12.7. The van der Waals surface area contributed by atoms with Crippen molar-refractivity contribution in [1.29, 1.82) is 0 Å². The van der Waals surface area contributed by atoms with E-state index in [0.29, 0.717) is 23.6 Å². The normalized spacial score (nSPS) is 21.7. The number of hydrogen-bond acceptors (Lipinski definition) is 4. The molecule has 0 spiro atoms. The van der Waals surface area contributed by atoms with Crippen LogP contribution in [0.4, 0.5) is 0 Å². The third-order valence-corrected chi connectivity index (χ3v) is 5.73. The van der Waals surface area contributed by atoms with Gasteiger partial charge in [-0.2, -0.15) is 0 Å². The van der Waals surface area contributed by atoms with Gasteiger partial charge in [0.2, 0.25) is 11.7 Å². The molecule has 2 aromatic heterocycles. The summed E-state index contributed by atoms with van der Waals surface area (Å²) in [6, 6.07) is 8.61. The topological polar surface area (TPSA) is 66.3 Å². The Hall–Kier alpha value is -2.02. The van der Waals surface area contributed by atoms with Gasteiger partial charge in [0.05, 0.1) is 16.8 Å². The Morgan fingerprint density at radius 2 is 2.04 bits per heavy atom. The number of aromatic nitrogens is 4. The van der Waals surface area contributed by atoms with E-state index in [2.05, 4.69) is 29.0 Å². The van der Waals surface area contributed by atoms with Gasteiger partial charge in [0, 0.05) is 12.1 Å². The molecular formula is C17H21N5OS. The Balaban J connectivity index is 1.55. The summed E-state index contributed by atoms with van der Waals surface area (Å²) in [5.41, 5.74) is 1.94. The van der Waals surface area contributed by atoms with Gasteiger partial charge in [0.1, 0.15) is 0 Å². The molecule has 0 saturated carbocycles. The van der Waals surface area contributed by atoms with E-state index in [9.17, 15) is 4.79 Å². The largest absolute Gasteiger partial charge is 0.337 e. The number of nitrogens with one attached hydrogen (secondary N) is 1. The average Bonchev–Trinajstić information content (AvgIpc) is 3.12. The Kier molecular flexibility index (Phi) is 3.96. The molecule has 0 unspecified atom stereocenters. The molecule has 1 aliphatic heterocycles. The van der Waals surface area contributed by atoms with Crippen molar-refractivity contribution in [1.82, 2.24) is 24.5 Å². The third kappa shape index (κ3) is 2.56. The Bertz CT molecular complexity index is 876. The van der Waals surface area contributed by atoms with E-state index in [0.717, 1.165) is 29.0 Å². The smallest absolute Gasteiger partial charge is 0.233 e. The monoisotopic (exact) mass is 343 g/mol. The molecular weight excluding hydrogens is 322 g/mol. The molecule has 7 heteroatoms. The molecule has 1 saturated heterocycles. The number of imidazole rings is 1. The molecule has 0 radical (unpaired) electrons. The van der Waals surface area contributed by atoms with Crippen LogP contribution in [0, 0.1) is 0 Å². The highest BCUT2D eigenvalue weighted by Gasteiger charge is 2.29. The highest BCUT2D eigenvalue weighted by atomic mass is 32.2. The number of aromatic amines is 1. The zero-order valence-electron chi connectivity index (χ0n) is 13.9. The van der Waals surface area contributed by atoms with Crippen LogP contribution >= 0.6 is 11.8 Å². The molecule has 1 fully saturated rings. The van der Waals surface area contributed by atoms with E-state index in [1.807, 2.05) is 33.6 Å². The number of para-hydroxylation sites is 2. The van der Waals surface area contributed by atoms with Crippen LogP contribution in [0.5, 0.6) is 0 Å². The first kappa shape index (κ1) is 15.5. The van der Waals surface area contributed by atoms with E-state index in [4.69, 9.17) is 0 Å². The highest BCUT2D eigenvalue weighted by Crippen LogP contribution is 2.26. The van der Waals surface area contributed by atoms with Gasteiger partial charge < -0.3 is 4.90 Å². The van der Waals surface area contributed by atoms with Crippen LogP contribution in [-0.2, 0) is 4.79 Å². The van der Waals surface area contributed by atoms with E-state index in [-0.39, 0.29) is 5.91 Å².